The number of para-hydroxylation sites is 2. The van der Waals surface area contributed by atoms with Crippen molar-refractivity contribution in [3.05, 3.63) is 151 Å². The highest BCUT2D eigenvalue weighted by atomic mass is 16.3. The Labute approximate surface area is 250 Å². The van der Waals surface area contributed by atoms with Gasteiger partial charge in [-0.1, -0.05) is 98.8 Å². The van der Waals surface area contributed by atoms with Crippen molar-refractivity contribution in [2.75, 3.05) is 4.90 Å². The zero-order valence-corrected chi connectivity index (χ0v) is 24.1. The highest BCUT2D eigenvalue weighted by Gasteiger charge is 2.37. The van der Waals surface area contributed by atoms with Crippen molar-refractivity contribution in [3.8, 4) is 11.1 Å². The number of hydrogen-bond donors (Lipinski definition) is 0. The summed E-state index contributed by atoms with van der Waals surface area (Å²) >= 11 is 0. The van der Waals surface area contributed by atoms with Crippen molar-refractivity contribution >= 4 is 60.5 Å². The molecule has 43 heavy (non-hydrogen) atoms. The quantitative estimate of drug-likeness (QED) is 0.203. The van der Waals surface area contributed by atoms with E-state index in [1.54, 1.807) is 0 Å². The fourth-order valence-electron chi connectivity index (χ4n) is 7.24. The number of fused-ring (bicyclic) bond motifs is 9. The molecule has 0 saturated heterocycles. The number of furan rings is 1. The Balaban J connectivity index is 1.22. The number of hydrogen-bond acceptors (Lipinski definition) is 2. The van der Waals surface area contributed by atoms with Gasteiger partial charge in [-0.05, 0) is 98.4 Å². The van der Waals surface area contributed by atoms with Crippen LogP contribution in [0.2, 0.25) is 0 Å². The third kappa shape index (κ3) is 3.53. The van der Waals surface area contributed by atoms with Gasteiger partial charge in [0.15, 0.2) is 0 Å². The Kier molecular flexibility index (Phi) is 4.99. The van der Waals surface area contributed by atoms with Gasteiger partial charge >= 0.3 is 0 Å². The fraction of sp³-hybridized carbons (Fsp3) is 0.0732. The molecule has 0 bridgehead atoms. The molecule has 2 nitrogen and oxygen atoms in total. The molecule has 7 aromatic carbocycles. The summed E-state index contributed by atoms with van der Waals surface area (Å²) in [6.45, 7) is 4.70. The third-order valence-corrected chi connectivity index (χ3v) is 9.42. The molecule has 9 rings (SSSR count). The Hall–Kier alpha value is -5.34. The number of nitrogens with zero attached hydrogens (tertiary/aromatic N) is 1. The van der Waals surface area contributed by atoms with Crippen LogP contribution in [0.15, 0.2) is 144 Å². The van der Waals surface area contributed by atoms with E-state index in [0.717, 1.165) is 28.2 Å². The molecule has 0 unspecified atom stereocenters. The Morgan fingerprint density at radius 2 is 1.12 bits per heavy atom. The molecule has 0 saturated carbocycles. The molecule has 0 N–H and O–H groups in total. The van der Waals surface area contributed by atoms with Gasteiger partial charge in [0.25, 0.3) is 0 Å². The van der Waals surface area contributed by atoms with Crippen molar-refractivity contribution in [1.82, 2.24) is 0 Å². The highest BCUT2D eigenvalue weighted by molar-refractivity contribution is 6.09. The zero-order chi connectivity index (χ0) is 28.7. The lowest BCUT2D eigenvalue weighted by Crippen LogP contribution is -2.16. The Morgan fingerprint density at radius 3 is 2.00 bits per heavy atom. The minimum atomic E-state index is -0.155. The number of anilines is 3. The molecular formula is C41H29NO. The van der Waals surface area contributed by atoms with Crippen LogP contribution in [0.3, 0.4) is 0 Å². The summed E-state index contributed by atoms with van der Waals surface area (Å²) in [7, 11) is 0. The average Bonchev–Trinajstić information content (AvgIpc) is 3.52. The summed E-state index contributed by atoms with van der Waals surface area (Å²) in [5, 5.41) is 7.42. The topological polar surface area (TPSA) is 16.4 Å². The zero-order valence-electron chi connectivity index (χ0n) is 24.1. The van der Waals surface area contributed by atoms with Crippen molar-refractivity contribution in [2.45, 2.75) is 19.3 Å². The molecule has 1 aromatic heterocycles. The molecular weight excluding hydrogens is 522 g/mol. The van der Waals surface area contributed by atoms with Crippen LogP contribution in [0.4, 0.5) is 17.1 Å². The maximum atomic E-state index is 6.29. The molecule has 204 valence electrons. The van der Waals surface area contributed by atoms with Gasteiger partial charge < -0.3 is 9.32 Å². The van der Waals surface area contributed by atoms with Gasteiger partial charge in [-0.3, -0.25) is 0 Å². The van der Waals surface area contributed by atoms with Crippen LogP contribution in [-0.4, -0.2) is 0 Å². The summed E-state index contributed by atoms with van der Waals surface area (Å²) in [6, 6.07) is 50.5. The normalized spacial score (nSPS) is 13.5. The van der Waals surface area contributed by atoms with Crippen LogP contribution in [0.1, 0.15) is 25.0 Å². The smallest absolute Gasteiger partial charge is 0.136 e. The van der Waals surface area contributed by atoms with E-state index in [4.69, 9.17) is 4.42 Å². The summed E-state index contributed by atoms with van der Waals surface area (Å²) in [4.78, 5) is 2.38. The van der Waals surface area contributed by atoms with Gasteiger partial charge in [-0.25, -0.2) is 0 Å². The Bertz CT molecular complexity index is 2380. The first-order chi connectivity index (χ1) is 21.1. The first-order valence-electron chi connectivity index (χ1n) is 14.9. The van der Waals surface area contributed by atoms with E-state index in [1.165, 1.54) is 54.6 Å². The highest BCUT2D eigenvalue weighted by Crippen LogP contribution is 2.52. The van der Waals surface area contributed by atoms with E-state index >= 15 is 0 Å². The maximum absolute atomic E-state index is 6.29. The van der Waals surface area contributed by atoms with Crippen LogP contribution < -0.4 is 4.90 Å². The first-order valence-corrected chi connectivity index (χ1v) is 14.9. The molecule has 0 radical (unpaired) electrons. The molecule has 1 aliphatic carbocycles. The van der Waals surface area contributed by atoms with Crippen LogP contribution in [0, 0.1) is 0 Å². The largest absolute Gasteiger partial charge is 0.456 e. The number of benzene rings is 7. The summed E-state index contributed by atoms with van der Waals surface area (Å²) < 4.78 is 6.29. The second-order valence-electron chi connectivity index (χ2n) is 12.2. The van der Waals surface area contributed by atoms with Crippen LogP contribution >= 0.6 is 0 Å². The second kappa shape index (κ2) is 8.83. The molecule has 0 spiro atoms. The average molecular weight is 552 g/mol. The second-order valence-corrected chi connectivity index (χ2v) is 12.2. The van der Waals surface area contributed by atoms with E-state index in [-0.39, 0.29) is 5.41 Å². The van der Waals surface area contributed by atoms with Gasteiger partial charge in [0.2, 0.25) is 0 Å². The van der Waals surface area contributed by atoms with Crippen molar-refractivity contribution in [2.24, 2.45) is 0 Å². The SMILES string of the molecule is CC1(C)c2cc(N(c3ccccc3)c3ccc4c(ccc5ccccc54)c3)ccc2-c2cc3oc4ccccc4c3cc21. The van der Waals surface area contributed by atoms with E-state index in [1.807, 2.05) is 6.07 Å². The molecule has 1 aliphatic rings. The molecule has 0 fully saturated rings. The minimum absolute atomic E-state index is 0.155. The lowest BCUT2D eigenvalue weighted by atomic mass is 9.82. The van der Waals surface area contributed by atoms with Gasteiger partial charge in [-0.15, -0.1) is 0 Å². The van der Waals surface area contributed by atoms with E-state index in [9.17, 15) is 0 Å². The van der Waals surface area contributed by atoms with Crippen molar-refractivity contribution in [3.63, 3.8) is 0 Å². The molecule has 1 heterocycles. The van der Waals surface area contributed by atoms with Gasteiger partial charge in [0.05, 0.1) is 0 Å². The van der Waals surface area contributed by atoms with Gasteiger partial charge in [-0.2, -0.15) is 0 Å². The summed E-state index contributed by atoms with van der Waals surface area (Å²) in [5.41, 5.74) is 10.4. The van der Waals surface area contributed by atoms with Gasteiger partial charge in [0, 0.05) is 33.2 Å². The van der Waals surface area contributed by atoms with Crippen molar-refractivity contribution in [1.29, 1.82) is 0 Å². The Morgan fingerprint density at radius 1 is 0.442 bits per heavy atom. The summed E-state index contributed by atoms with van der Waals surface area (Å²) in [5.74, 6) is 0. The fourth-order valence-corrected chi connectivity index (χ4v) is 7.24. The van der Waals surface area contributed by atoms with Crippen LogP contribution in [0.25, 0.3) is 54.6 Å². The van der Waals surface area contributed by atoms with Crippen LogP contribution in [0.5, 0.6) is 0 Å². The van der Waals surface area contributed by atoms with E-state index in [2.05, 4.69) is 152 Å². The van der Waals surface area contributed by atoms with E-state index in [0.29, 0.717) is 0 Å². The summed E-state index contributed by atoms with van der Waals surface area (Å²) in [6.07, 6.45) is 0. The van der Waals surface area contributed by atoms with Gasteiger partial charge in [0.1, 0.15) is 11.2 Å². The molecule has 0 amide bonds. The van der Waals surface area contributed by atoms with E-state index < -0.39 is 0 Å². The maximum Gasteiger partial charge on any atom is 0.136 e. The monoisotopic (exact) mass is 551 g/mol. The molecule has 2 heteroatoms. The third-order valence-electron chi connectivity index (χ3n) is 9.42. The number of rotatable bonds is 3. The van der Waals surface area contributed by atoms with Crippen molar-refractivity contribution < 1.29 is 4.42 Å². The minimum Gasteiger partial charge on any atom is -0.456 e. The predicted molar refractivity (Wildman–Crippen MR) is 181 cm³/mol. The molecule has 0 aliphatic heterocycles. The van der Waals surface area contributed by atoms with Crippen LogP contribution in [-0.2, 0) is 5.41 Å². The molecule has 0 atom stereocenters. The predicted octanol–water partition coefficient (Wildman–Crippen LogP) is 11.7. The molecule has 8 aromatic rings. The first kappa shape index (κ1) is 24.3. The standard InChI is InChI=1S/C41H29NO/c1-41(2)37-23-30(19-21-33(37)35-25-40-36(24-38(35)41)34-14-8-9-15-39(34)43-40)42(28-11-4-3-5-12-28)29-18-20-32-27(22-29)17-16-26-10-6-7-13-31(26)32/h3-25H,1-2H3. The lowest BCUT2D eigenvalue weighted by Gasteiger charge is -2.28. The lowest BCUT2D eigenvalue weighted by molar-refractivity contribution is 0.658.